The van der Waals surface area contributed by atoms with Crippen molar-refractivity contribution in [2.75, 3.05) is 25.0 Å². The highest BCUT2D eigenvalue weighted by molar-refractivity contribution is 5.96. The van der Waals surface area contributed by atoms with Crippen LogP contribution in [0.25, 0.3) is 0 Å². The second-order valence-electron chi connectivity index (χ2n) is 4.47. The van der Waals surface area contributed by atoms with Crippen LogP contribution in [0.1, 0.15) is 12.5 Å². The Labute approximate surface area is 96.5 Å². The third-order valence-electron chi connectivity index (χ3n) is 2.97. The molecule has 1 aliphatic heterocycles. The van der Waals surface area contributed by atoms with Gasteiger partial charge in [0.15, 0.2) is 0 Å². The van der Waals surface area contributed by atoms with E-state index in [1.165, 1.54) is 5.56 Å². The van der Waals surface area contributed by atoms with Gasteiger partial charge >= 0.3 is 0 Å². The molecule has 0 saturated heterocycles. The van der Waals surface area contributed by atoms with Crippen molar-refractivity contribution in [3.05, 3.63) is 29.8 Å². The average molecular weight is 218 g/mol. The summed E-state index contributed by atoms with van der Waals surface area (Å²) in [5, 5.41) is 2.92. The van der Waals surface area contributed by atoms with Crippen molar-refractivity contribution < 1.29 is 4.79 Å². The first-order chi connectivity index (χ1) is 7.72. The van der Waals surface area contributed by atoms with Gasteiger partial charge in [0.05, 0.1) is 6.54 Å². The van der Waals surface area contributed by atoms with E-state index < -0.39 is 0 Å². The maximum absolute atomic E-state index is 12.0. The molecule has 1 aromatic carbocycles. The van der Waals surface area contributed by atoms with Crippen molar-refractivity contribution in [1.82, 2.24) is 5.32 Å². The number of nitrogens with zero attached hydrogens (tertiary/aromatic N) is 1. The van der Waals surface area contributed by atoms with Gasteiger partial charge in [-0.15, -0.1) is 0 Å². The first-order valence-corrected chi connectivity index (χ1v) is 5.75. The Morgan fingerprint density at radius 3 is 3.00 bits per heavy atom. The van der Waals surface area contributed by atoms with Gasteiger partial charge in [0.25, 0.3) is 0 Å². The summed E-state index contributed by atoms with van der Waals surface area (Å²) < 4.78 is 0. The lowest BCUT2D eigenvalue weighted by molar-refractivity contribution is -0.117. The zero-order valence-corrected chi connectivity index (χ0v) is 9.86. The number of nitrogens with one attached hydrogen (secondary N) is 1. The van der Waals surface area contributed by atoms with E-state index in [1.54, 1.807) is 7.05 Å². The minimum absolute atomic E-state index is 0.154. The minimum Gasteiger partial charge on any atom is -0.311 e. The number of amides is 1. The summed E-state index contributed by atoms with van der Waals surface area (Å²) in [6, 6.07) is 8.19. The van der Waals surface area contributed by atoms with Gasteiger partial charge < -0.3 is 10.2 Å². The van der Waals surface area contributed by atoms with E-state index in [0.717, 1.165) is 18.7 Å². The third-order valence-corrected chi connectivity index (χ3v) is 2.97. The normalized spacial score (nSPS) is 19.4. The molecule has 3 heteroatoms. The van der Waals surface area contributed by atoms with E-state index in [-0.39, 0.29) is 5.91 Å². The Balaban J connectivity index is 2.30. The van der Waals surface area contributed by atoms with Crippen molar-refractivity contribution >= 4 is 11.6 Å². The third kappa shape index (κ3) is 2.09. The Kier molecular flexibility index (Phi) is 3.25. The summed E-state index contributed by atoms with van der Waals surface area (Å²) in [5.74, 6) is 0.692. The fraction of sp³-hybridized carbons (Fsp3) is 0.462. The number of anilines is 1. The van der Waals surface area contributed by atoms with Gasteiger partial charge in [0, 0.05) is 12.2 Å². The van der Waals surface area contributed by atoms with Crippen LogP contribution < -0.4 is 10.2 Å². The first-order valence-electron chi connectivity index (χ1n) is 5.75. The number of carbonyl (C=O) groups excluding carboxylic acids is 1. The molecule has 86 valence electrons. The summed E-state index contributed by atoms with van der Waals surface area (Å²) >= 11 is 0. The van der Waals surface area contributed by atoms with E-state index in [9.17, 15) is 4.79 Å². The fourth-order valence-corrected chi connectivity index (χ4v) is 2.28. The molecule has 2 rings (SSSR count). The van der Waals surface area contributed by atoms with Crippen LogP contribution in [0.2, 0.25) is 0 Å². The van der Waals surface area contributed by atoms with E-state index in [2.05, 4.69) is 18.3 Å². The predicted octanol–water partition coefficient (Wildman–Crippen LogP) is 1.43. The van der Waals surface area contributed by atoms with Gasteiger partial charge in [-0.2, -0.15) is 0 Å². The average Bonchev–Trinajstić information content (AvgIpc) is 2.28. The molecule has 1 aromatic rings. The largest absolute Gasteiger partial charge is 0.311 e. The Bertz CT molecular complexity index is 389. The lowest BCUT2D eigenvalue weighted by Gasteiger charge is -2.33. The maximum Gasteiger partial charge on any atom is 0.240 e. The Morgan fingerprint density at radius 1 is 1.50 bits per heavy atom. The minimum atomic E-state index is 0.154. The first kappa shape index (κ1) is 11.1. The van der Waals surface area contributed by atoms with E-state index >= 15 is 0 Å². The van der Waals surface area contributed by atoms with Crippen LogP contribution in [-0.2, 0) is 11.2 Å². The molecule has 0 aliphatic carbocycles. The van der Waals surface area contributed by atoms with Crippen LogP contribution in [0.15, 0.2) is 24.3 Å². The molecule has 0 saturated carbocycles. The van der Waals surface area contributed by atoms with Crippen LogP contribution >= 0.6 is 0 Å². The number of hydrogen-bond acceptors (Lipinski definition) is 2. The highest BCUT2D eigenvalue weighted by Crippen LogP contribution is 2.29. The van der Waals surface area contributed by atoms with Crippen LogP contribution in [-0.4, -0.2) is 26.0 Å². The number of fused-ring (bicyclic) bond motifs is 1. The van der Waals surface area contributed by atoms with Crippen molar-refractivity contribution in [2.24, 2.45) is 5.92 Å². The SMILES string of the molecule is CNCC(=O)N1CC(C)Cc2ccccc21. The van der Waals surface area contributed by atoms with E-state index in [0.29, 0.717) is 12.5 Å². The van der Waals surface area contributed by atoms with E-state index in [4.69, 9.17) is 0 Å². The molecule has 3 nitrogen and oxygen atoms in total. The molecule has 1 atom stereocenters. The standard InChI is InChI=1S/C13H18N2O/c1-10-7-11-5-3-4-6-12(11)15(9-10)13(16)8-14-2/h3-6,10,14H,7-9H2,1-2H3. The van der Waals surface area contributed by atoms with Gasteiger partial charge in [-0.1, -0.05) is 25.1 Å². The number of para-hydroxylation sites is 1. The zero-order chi connectivity index (χ0) is 11.5. The molecular formula is C13H18N2O. The lowest BCUT2D eigenvalue weighted by atomic mass is 9.94. The monoisotopic (exact) mass is 218 g/mol. The van der Waals surface area contributed by atoms with Crippen molar-refractivity contribution in [3.8, 4) is 0 Å². The summed E-state index contributed by atoms with van der Waals surface area (Å²) in [7, 11) is 1.80. The lowest BCUT2D eigenvalue weighted by Crippen LogP contribution is -2.43. The summed E-state index contributed by atoms with van der Waals surface area (Å²) in [6.07, 6.45) is 1.07. The number of hydrogen-bond donors (Lipinski definition) is 1. The van der Waals surface area contributed by atoms with Crippen LogP contribution in [0.3, 0.4) is 0 Å². The van der Waals surface area contributed by atoms with Crippen molar-refractivity contribution in [1.29, 1.82) is 0 Å². The topological polar surface area (TPSA) is 32.3 Å². The van der Waals surface area contributed by atoms with Crippen LogP contribution in [0.5, 0.6) is 0 Å². The zero-order valence-electron chi connectivity index (χ0n) is 9.86. The molecule has 1 N–H and O–H groups in total. The van der Waals surface area contributed by atoms with Crippen molar-refractivity contribution in [2.45, 2.75) is 13.3 Å². The summed E-state index contributed by atoms with van der Waals surface area (Å²) in [4.78, 5) is 13.9. The molecular weight excluding hydrogens is 200 g/mol. The fourth-order valence-electron chi connectivity index (χ4n) is 2.28. The predicted molar refractivity (Wildman–Crippen MR) is 65.6 cm³/mol. The molecule has 0 aromatic heterocycles. The second kappa shape index (κ2) is 4.66. The molecule has 1 heterocycles. The quantitative estimate of drug-likeness (QED) is 0.814. The summed E-state index contributed by atoms with van der Waals surface area (Å²) in [5.41, 5.74) is 2.37. The molecule has 1 amide bonds. The molecule has 16 heavy (non-hydrogen) atoms. The number of benzene rings is 1. The van der Waals surface area contributed by atoms with Crippen LogP contribution in [0, 0.1) is 5.92 Å². The highest BCUT2D eigenvalue weighted by atomic mass is 16.2. The molecule has 0 spiro atoms. The molecule has 1 unspecified atom stereocenters. The van der Waals surface area contributed by atoms with Crippen LogP contribution in [0.4, 0.5) is 5.69 Å². The van der Waals surface area contributed by atoms with Gasteiger partial charge in [-0.25, -0.2) is 0 Å². The van der Waals surface area contributed by atoms with Gasteiger partial charge in [0.1, 0.15) is 0 Å². The van der Waals surface area contributed by atoms with Gasteiger partial charge in [-0.05, 0) is 31.0 Å². The second-order valence-corrected chi connectivity index (χ2v) is 4.47. The molecule has 0 bridgehead atoms. The van der Waals surface area contributed by atoms with E-state index in [1.807, 2.05) is 23.1 Å². The Morgan fingerprint density at radius 2 is 2.25 bits per heavy atom. The summed E-state index contributed by atoms with van der Waals surface area (Å²) in [6.45, 7) is 3.42. The number of likely N-dealkylation sites (N-methyl/N-ethyl adjacent to an activating group) is 1. The molecule has 1 aliphatic rings. The highest BCUT2D eigenvalue weighted by Gasteiger charge is 2.25. The number of carbonyl (C=O) groups is 1. The molecule has 0 radical (unpaired) electrons. The number of rotatable bonds is 2. The smallest absolute Gasteiger partial charge is 0.240 e. The Hall–Kier alpha value is -1.35. The van der Waals surface area contributed by atoms with Gasteiger partial charge in [0.2, 0.25) is 5.91 Å². The maximum atomic E-state index is 12.0. The van der Waals surface area contributed by atoms with Gasteiger partial charge in [-0.3, -0.25) is 4.79 Å². The van der Waals surface area contributed by atoms with Crippen molar-refractivity contribution in [3.63, 3.8) is 0 Å². The molecule has 0 fully saturated rings.